The smallest absolute Gasteiger partial charge is 0.261 e. The summed E-state index contributed by atoms with van der Waals surface area (Å²) in [5.41, 5.74) is 3.77. The summed E-state index contributed by atoms with van der Waals surface area (Å²) in [7, 11) is 3.09. The molecular formula is C23H22Cl2N2O4. The van der Waals surface area contributed by atoms with Crippen molar-refractivity contribution in [2.45, 2.75) is 32.6 Å². The van der Waals surface area contributed by atoms with Crippen molar-refractivity contribution in [3.05, 3.63) is 51.5 Å². The van der Waals surface area contributed by atoms with Crippen LogP contribution in [0.5, 0.6) is 11.8 Å². The minimum absolute atomic E-state index is 0.387. The van der Waals surface area contributed by atoms with E-state index in [0.29, 0.717) is 43.7 Å². The van der Waals surface area contributed by atoms with Gasteiger partial charge in [-0.05, 0) is 64.1 Å². The van der Waals surface area contributed by atoms with Gasteiger partial charge in [-0.25, -0.2) is 0 Å². The third kappa shape index (κ3) is 4.10. The number of hydrogen-bond donors (Lipinski definition) is 0. The van der Waals surface area contributed by atoms with E-state index in [1.54, 1.807) is 14.2 Å². The van der Waals surface area contributed by atoms with Gasteiger partial charge in [-0.1, -0.05) is 49.0 Å². The molecule has 162 valence electrons. The molecule has 0 aliphatic rings. The van der Waals surface area contributed by atoms with E-state index in [2.05, 4.69) is 23.3 Å². The topological polar surface area (TPSA) is 70.5 Å². The Balaban J connectivity index is 1.89. The molecule has 2 aromatic heterocycles. The van der Waals surface area contributed by atoms with Crippen molar-refractivity contribution in [2.24, 2.45) is 0 Å². The van der Waals surface area contributed by atoms with Crippen LogP contribution in [0.15, 0.2) is 39.4 Å². The minimum Gasteiger partial charge on any atom is -0.478 e. The number of unbranched alkanes of at least 4 members (excludes halogenated alkanes) is 3. The van der Waals surface area contributed by atoms with Crippen molar-refractivity contribution in [3.8, 4) is 11.8 Å². The van der Waals surface area contributed by atoms with Crippen molar-refractivity contribution in [1.82, 2.24) is 10.3 Å². The van der Waals surface area contributed by atoms with Crippen molar-refractivity contribution in [1.29, 1.82) is 0 Å². The van der Waals surface area contributed by atoms with E-state index < -0.39 is 0 Å². The van der Waals surface area contributed by atoms with E-state index >= 15 is 0 Å². The summed E-state index contributed by atoms with van der Waals surface area (Å²) < 4.78 is 21.3. The van der Waals surface area contributed by atoms with Gasteiger partial charge in [-0.15, -0.1) is 0 Å². The summed E-state index contributed by atoms with van der Waals surface area (Å²) in [5, 5.41) is 10.2. The lowest BCUT2D eigenvalue weighted by Gasteiger charge is -2.11. The Labute approximate surface area is 189 Å². The minimum atomic E-state index is 0.387. The number of hydrogen-bond acceptors (Lipinski definition) is 6. The first kappa shape index (κ1) is 21.5. The fourth-order valence-electron chi connectivity index (χ4n) is 3.61. The largest absolute Gasteiger partial charge is 0.478 e. The molecule has 2 heterocycles. The van der Waals surface area contributed by atoms with Crippen LogP contribution in [0, 0.1) is 0 Å². The zero-order valence-electron chi connectivity index (χ0n) is 17.5. The molecule has 0 bridgehead atoms. The Kier molecular flexibility index (Phi) is 6.39. The van der Waals surface area contributed by atoms with Gasteiger partial charge in [-0.2, -0.15) is 0 Å². The molecule has 4 aromatic rings. The molecule has 0 amide bonds. The zero-order chi connectivity index (χ0) is 22.0. The molecule has 0 saturated heterocycles. The van der Waals surface area contributed by atoms with Gasteiger partial charge in [0.25, 0.3) is 11.8 Å². The predicted octanol–water partition coefficient (Wildman–Crippen LogP) is 7.31. The average molecular weight is 461 g/mol. The van der Waals surface area contributed by atoms with Crippen LogP contribution < -0.4 is 9.47 Å². The summed E-state index contributed by atoms with van der Waals surface area (Å²) in [6.45, 7) is 2.18. The molecule has 0 radical (unpaired) electrons. The number of fused-ring (bicyclic) bond motifs is 2. The first-order chi connectivity index (χ1) is 15.1. The predicted molar refractivity (Wildman–Crippen MR) is 122 cm³/mol. The van der Waals surface area contributed by atoms with Gasteiger partial charge < -0.3 is 18.5 Å². The Morgan fingerprint density at radius 1 is 0.871 bits per heavy atom. The number of rotatable bonds is 8. The molecule has 0 unspecified atom stereocenters. The van der Waals surface area contributed by atoms with E-state index in [1.165, 1.54) is 0 Å². The van der Waals surface area contributed by atoms with Crippen LogP contribution >= 0.6 is 23.2 Å². The highest BCUT2D eigenvalue weighted by Crippen LogP contribution is 2.39. The molecular weight excluding hydrogens is 439 g/mol. The van der Waals surface area contributed by atoms with Gasteiger partial charge in [0.05, 0.1) is 35.0 Å². The van der Waals surface area contributed by atoms with E-state index in [0.717, 1.165) is 42.4 Å². The monoisotopic (exact) mass is 460 g/mol. The highest BCUT2D eigenvalue weighted by atomic mass is 35.5. The lowest BCUT2D eigenvalue weighted by atomic mass is 9.94. The number of methoxy groups -OCH3 is 2. The summed E-state index contributed by atoms with van der Waals surface area (Å²) in [5.74, 6) is 0.775. The maximum Gasteiger partial charge on any atom is 0.261 e. The van der Waals surface area contributed by atoms with Crippen molar-refractivity contribution in [2.75, 3.05) is 14.2 Å². The van der Waals surface area contributed by atoms with Crippen LogP contribution in [0.3, 0.4) is 0 Å². The molecule has 0 N–H and O–H groups in total. The highest BCUT2D eigenvalue weighted by Gasteiger charge is 2.19. The second-order valence-electron chi connectivity index (χ2n) is 7.17. The number of aromatic nitrogens is 2. The highest BCUT2D eigenvalue weighted by molar-refractivity contribution is 6.36. The molecule has 8 heteroatoms. The Hall–Kier alpha value is -2.70. The Bertz CT molecular complexity index is 1170. The number of nitrogens with zero attached hydrogens (tertiary/aromatic N) is 2. The molecule has 0 aliphatic heterocycles. The molecule has 2 aromatic carbocycles. The summed E-state index contributed by atoms with van der Waals surface area (Å²) in [4.78, 5) is 0. The second kappa shape index (κ2) is 9.20. The summed E-state index contributed by atoms with van der Waals surface area (Å²) >= 11 is 13.0. The second-order valence-corrected chi connectivity index (χ2v) is 7.98. The molecule has 0 fully saturated rings. The average Bonchev–Trinajstić information content (AvgIpc) is 3.38. The quantitative estimate of drug-likeness (QED) is 0.256. The molecule has 31 heavy (non-hydrogen) atoms. The lowest BCUT2D eigenvalue weighted by molar-refractivity contribution is 0.350. The summed E-state index contributed by atoms with van der Waals surface area (Å²) in [6, 6.07) is 7.66. The number of allylic oxidation sites excluding steroid dienone is 1. The van der Waals surface area contributed by atoms with Gasteiger partial charge in [0, 0.05) is 0 Å². The molecule has 0 saturated carbocycles. The zero-order valence-corrected chi connectivity index (χ0v) is 19.0. The van der Waals surface area contributed by atoms with Crippen LogP contribution in [-0.4, -0.2) is 24.5 Å². The first-order valence-electron chi connectivity index (χ1n) is 10.0. The van der Waals surface area contributed by atoms with E-state index in [-0.39, 0.29) is 0 Å². The molecule has 0 aliphatic carbocycles. The van der Waals surface area contributed by atoms with Gasteiger partial charge in [0.1, 0.15) is 0 Å². The van der Waals surface area contributed by atoms with E-state index in [4.69, 9.17) is 41.7 Å². The van der Waals surface area contributed by atoms with Gasteiger partial charge in [-0.3, -0.25) is 0 Å². The van der Waals surface area contributed by atoms with E-state index in [9.17, 15) is 0 Å². The number of ether oxygens (including phenoxy) is 2. The summed E-state index contributed by atoms with van der Waals surface area (Å²) in [6.07, 6.45) is 6.50. The Morgan fingerprint density at radius 2 is 1.39 bits per heavy atom. The van der Waals surface area contributed by atoms with Crippen molar-refractivity contribution >= 4 is 50.7 Å². The fourth-order valence-corrected chi connectivity index (χ4v) is 4.12. The van der Waals surface area contributed by atoms with Crippen LogP contribution in [0.2, 0.25) is 10.0 Å². The maximum atomic E-state index is 6.52. The van der Waals surface area contributed by atoms with Gasteiger partial charge in [0.2, 0.25) is 0 Å². The van der Waals surface area contributed by atoms with Crippen LogP contribution in [0.4, 0.5) is 0 Å². The number of benzene rings is 2. The molecule has 6 nitrogen and oxygen atoms in total. The third-order valence-corrected chi connectivity index (χ3v) is 5.71. The molecule has 0 atom stereocenters. The molecule has 4 rings (SSSR count). The van der Waals surface area contributed by atoms with Crippen molar-refractivity contribution < 1.29 is 18.5 Å². The Morgan fingerprint density at radius 3 is 1.84 bits per heavy atom. The number of halogens is 2. The first-order valence-corrected chi connectivity index (χ1v) is 10.8. The van der Waals surface area contributed by atoms with E-state index in [1.807, 2.05) is 24.3 Å². The fraction of sp³-hybridized carbons (Fsp3) is 0.304. The van der Waals surface area contributed by atoms with Gasteiger partial charge in [0.15, 0.2) is 11.2 Å². The molecule has 0 spiro atoms. The third-order valence-electron chi connectivity index (χ3n) is 5.15. The maximum absolute atomic E-state index is 6.52. The lowest BCUT2D eigenvalue weighted by Crippen LogP contribution is -1.92. The standard InChI is InChI=1S/C23H22Cl2N2O4/c1-4-5-6-7-8-15(13-9-16-20(18(24)11-13)30-26-22(16)28-2)14-10-17-21(19(25)12-14)31-27-23(17)29-3/h8-12H,4-7H2,1-3H3. The van der Waals surface area contributed by atoms with Gasteiger partial charge >= 0.3 is 0 Å². The van der Waals surface area contributed by atoms with Crippen LogP contribution in [0.25, 0.3) is 27.5 Å². The van der Waals surface area contributed by atoms with Crippen molar-refractivity contribution in [3.63, 3.8) is 0 Å². The SMILES string of the molecule is CCCCCC=C(c1cc(Cl)c2onc(OC)c2c1)c1cc(Cl)c2onc(OC)c2c1. The van der Waals surface area contributed by atoms with Crippen LogP contribution in [0.1, 0.15) is 43.7 Å². The normalized spacial score (nSPS) is 11.3. The van der Waals surface area contributed by atoms with Crippen LogP contribution in [-0.2, 0) is 0 Å².